The van der Waals surface area contributed by atoms with Crippen molar-refractivity contribution in [3.63, 3.8) is 0 Å². The average molecular weight is 310 g/mol. The molecule has 1 rings (SSSR count). The molecule has 0 aliphatic rings. The van der Waals surface area contributed by atoms with Crippen LogP contribution in [0.15, 0.2) is 29.2 Å². The lowest BCUT2D eigenvalue weighted by molar-refractivity contribution is -0.142. The lowest BCUT2D eigenvalue weighted by Crippen LogP contribution is -2.33. The predicted octanol–water partition coefficient (Wildman–Crippen LogP) is 1.58. The van der Waals surface area contributed by atoms with E-state index in [1.54, 1.807) is 0 Å². The van der Waals surface area contributed by atoms with Gasteiger partial charge in [-0.15, -0.1) is 0 Å². The number of carboxylic acid groups (broad SMARTS) is 1. The van der Waals surface area contributed by atoms with Gasteiger partial charge in [0, 0.05) is 6.54 Å². The third-order valence-corrected chi connectivity index (χ3v) is 4.32. The Hall–Kier alpha value is -1.91. The van der Waals surface area contributed by atoms with E-state index in [-0.39, 0.29) is 22.9 Å². The summed E-state index contributed by atoms with van der Waals surface area (Å²) in [5.41, 5.74) is 0.231. The van der Waals surface area contributed by atoms with Crippen LogP contribution in [-0.4, -0.2) is 26.0 Å². The second-order valence-corrected chi connectivity index (χ2v) is 6.92. The van der Waals surface area contributed by atoms with Gasteiger partial charge >= 0.3 is 5.97 Å². The summed E-state index contributed by atoms with van der Waals surface area (Å²) in [5, 5.41) is 17.9. The smallest absolute Gasteiger partial charge is 0.307 e. The number of aliphatic carboxylic acids is 1. The molecule has 114 valence electrons. The van der Waals surface area contributed by atoms with E-state index in [0.29, 0.717) is 6.42 Å². The molecule has 0 radical (unpaired) electrons. The molecule has 1 aromatic carbocycles. The third kappa shape index (κ3) is 5.17. The van der Waals surface area contributed by atoms with Gasteiger partial charge in [-0.1, -0.05) is 19.9 Å². The van der Waals surface area contributed by atoms with Gasteiger partial charge in [0.05, 0.1) is 22.4 Å². The number of nitrogens with one attached hydrogen (secondary N) is 1. The van der Waals surface area contributed by atoms with Crippen molar-refractivity contribution in [1.29, 1.82) is 5.26 Å². The van der Waals surface area contributed by atoms with Crippen LogP contribution in [0, 0.1) is 23.2 Å². The highest BCUT2D eigenvalue weighted by molar-refractivity contribution is 7.89. The van der Waals surface area contributed by atoms with Crippen LogP contribution in [0.25, 0.3) is 0 Å². The van der Waals surface area contributed by atoms with Gasteiger partial charge in [0.15, 0.2) is 0 Å². The molecular formula is C14H18N2O4S. The van der Waals surface area contributed by atoms with Gasteiger partial charge in [-0.25, -0.2) is 13.1 Å². The molecule has 1 aromatic rings. The Labute approximate surface area is 124 Å². The Balaban J connectivity index is 2.85. The lowest BCUT2D eigenvalue weighted by Gasteiger charge is -2.15. The van der Waals surface area contributed by atoms with Crippen LogP contribution in [0.4, 0.5) is 0 Å². The van der Waals surface area contributed by atoms with Gasteiger partial charge in [-0.3, -0.25) is 4.79 Å². The number of hydrogen-bond donors (Lipinski definition) is 2. The minimum Gasteiger partial charge on any atom is -0.481 e. The highest BCUT2D eigenvalue weighted by Gasteiger charge is 2.22. The van der Waals surface area contributed by atoms with E-state index in [4.69, 9.17) is 10.4 Å². The second kappa shape index (κ2) is 7.20. The molecule has 7 heteroatoms. The van der Waals surface area contributed by atoms with Crippen LogP contribution in [0.1, 0.15) is 25.8 Å². The summed E-state index contributed by atoms with van der Waals surface area (Å²) >= 11 is 0. The summed E-state index contributed by atoms with van der Waals surface area (Å²) in [6, 6.07) is 7.44. The minimum absolute atomic E-state index is 0.0461. The maximum atomic E-state index is 12.1. The molecule has 0 spiro atoms. The Morgan fingerprint density at radius 1 is 1.43 bits per heavy atom. The topological polar surface area (TPSA) is 107 Å². The standard InChI is InChI=1S/C14H18N2O4S/c1-10(2)6-12(14(17)18)9-16-21(19,20)13-5-3-4-11(7-13)8-15/h3-5,7,10,12,16H,6,9H2,1-2H3,(H,17,18). The second-order valence-electron chi connectivity index (χ2n) is 5.16. The predicted molar refractivity (Wildman–Crippen MR) is 76.9 cm³/mol. The fourth-order valence-corrected chi connectivity index (χ4v) is 2.99. The zero-order chi connectivity index (χ0) is 16.0. The van der Waals surface area contributed by atoms with Gasteiger partial charge < -0.3 is 5.11 Å². The quantitative estimate of drug-likeness (QED) is 0.795. The van der Waals surface area contributed by atoms with Crippen LogP contribution >= 0.6 is 0 Å². The van der Waals surface area contributed by atoms with Crippen LogP contribution < -0.4 is 4.72 Å². The van der Waals surface area contributed by atoms with Crippen molar-refractivity contribution in [3.8, 4) is 6.07 Å². The molecule has 0 bridgehead atoms. The molecule has 0 aliphatic carbocycles. The van der Waals surface area contributed by atoms with E-state index in [1.165, 1.54) is 24.3 Å². The molecule has 1 unspecified atom stereocenters. The maximum Gasteiger partial charge on any atom is 0.307 e. The first-order chi connectivity index (χ1) is 9.76. The van der Waals surface area contributed by atoms with E-state index in [2.05, 4.69) is 4.72 Å². The van der Waals surface area contributed by atoms with Crippen LogP contribution in [-0.2, 0) is 14.8 Å². The molecule has 2 N–H and O–H groups in total. The summed E-state index contributed by atoms with van der Waals surface area (Å²) in [5.74, 6) is -1.66. The zero-order valence-electron chi connectivity index (χ0n) is 11.9. The van der Waals surface area contributed by atoms with Crippen LogP contribution in [0.3, 0.4) is 0 Å². The summed E-state index contributed by atoms with van der Waals surface area (Å²) < 4.78 is 26.5. The average Bonchev–Trinajstić information content (AvgIpc) is 2.43. The Morgan fingerprint density at radius 2 is 2.10 bits per heavy atom. The largest absolute Gasteiger partial charge is 0.481 e. The van der Waals surface area contributed by atoms with Gasteiger partial charge in [0.2, 0.25) is 10.0 Å². The molecule has 0 saturated carbocycles. The summed E-state index contributed by atoms with van der Waals surface area (Å²) in [6.45, 7) is 3.58. The van der Waals surface area contributed by atoms with Gasteiger partial charge in [0.1, 0.15) is 0 Å². The van der Waals surface area contributed by atoms with Crippen molar-refractivity contribution < 1.29 is 18.3 Å². The molecule has 0 heterocycles. The molecular weight excluding hydrogens is 292 g/mol. The molecule has 0 saturated heterocycles. The van der Waals surface area contributed by atoms with E-state index >= 15 is 0 Å². The number of carboxylic acids is 1. The monoisotopic (exact) mass is 310 g/mol. The summed E-state index contributed by atoms with van der Waals surface area (Å²) in [4.78, 5) is 11.1. The van der Waals surface area contributed by atoms with Crippen molar-refractivity contribution >= 4 is 16.0 Å². The first-order valence-corrected chi connectivity index (χ1v) is 7.97. The third-order valence-electron chi connectivity index (χ3n) is 2.90. The fraction of sp³-hybridized carbons (Fsp3) is 0.429. The van der Waals surface area contributed by atoms with Crippen molar-refractivity contribution in [1.82, 2.24) is 4.72 Å². The first kappa shape index (κ1) is 17.1. The zero-order valence-corrected chi connectivity index (χ0v) is 12.7. The summed E-state index contributed by atoms with van der Waals surface area (Å²) in [6.07, 6.45) is 0.385. The van der Waals surface area contributed by atoms with Crippen LogP contribution in [0.2, 0.25) is 0 Å². The number of carbonyl (C=O) groups is 1. The molecule has 6 nitrogen and oxygen atoms in total. The minimum atomic E-state index is -3.82. The molecule has 1 atom stereocenters. The number of sulfonamides is 1. The number of benzene rings is 1. The van der Waals surface area contributed by atoms with Crippen molar-refractivity contribution in [2.75, 3.05) is 6.54 Å². The van der Waals surface area contributed by atoms with E-state index in [0.717, 1.165) is 0 Å². The number of nitriles is 1. The fourth-order valence-electron chi connectivity index (χ4n) is 1.87. The van der Waals surface area contributed by atoms with Gasteiger partial charge in [0.25, 0.3) is 0 Å². The van der Waals surface area contributed by atoms with E-state index in [1.807, 2.05) is 19.9 Å². The normalized spacial score (nSPS) is 12.9. The molecule has 0 fully saturated rings. The van der Waals surface area contributed by atoms with Crippen molar-refractivity contribution in [3.05, 3.63) is 29.8 Å². The Bertz CT molecular complexity index is 647. The highest BCUT2D eigenvalue weighted by atomic mass is 32.2. The lowest BCUT2D eigenvalue weighted by atomic mass is 9.98. The number of hydrogen-bond acceptors (Lipinski definition) is 4. The molecule has 0 aromatic heterocycles. The SMILES string of the molecule is CC(C)CC(CNS(=O)(=O)c1cccc(C#N)c1)C(=O)O. The maximum absolute atomic E-state index is 12.1. The highest BCUT2D eigenvalue weighted by Crippen LogP contribution is 2.14. The van der Waals surface area contributed by atoms with Crippen molar-refractivity contribution in [2.45, 2.75) is 25.2 Å². The molecule has 0 aliphatic heterocycles. The number of nitrogens with zero attached hydrogens (tertiary/aromatic N) is 1. The van der Waals surface area contributed by atoms with Crippen LogP contribution in [0.5, 0.6) is 0 Å². The van der Waals surface area contributed by atoms with Gasteiger partial charge in [-0.2, -0.15) is 5.26 Å². The summed E-state index contributed by atoms with van der Waals surface area (Å²) in [7, 11) is -3.82. The molecule has 21 heavy (non-hydrogen) atoms. The van der Waals surface area contributed by atoms with Gasteiger partial charge in [-0.05, 0) is 30.5 Å². The number of rotatable bonds is 7. The van der Waals surface area contributed by atoms with E-state index in [9.17, 15) is 13.2 Å². The Kier molecular flexibility index (Phi) is 5.88. The first-order valence-electron chi connectivity index (χ1n) is 6.49. The van der Waals surface area contributed by atoms with E-state index < -0.39 is 21.9 Å². The van der Waals surface area contributed by atoms with Crippen molar-refractivity contribution in [2.24, 2.45) is 11.8 Å². The molecule has 0 amide bonds. The Morgan fingerprint density at radius 3 is 2.62 bits per heavy atom.